The molecule has 0 atom stereocenters. The third-order valence-corrected chi connectivity index (χ3v) is 2.03. The molecule has 0 saturated carbocycles. The summed E-state index contributed by atoms with van der Waals surface area (Å²) in [5.41, 5.74) is 0.120. The zero-order valence-corrected chi connectivity index (χ0v) is 9.85. The van der Waals surface area contributed by atoms with Gasteiger partial charge in [0.2, 0.25) is 0 Å². The van der Waals surface area contributed by atoms with Crippen LogP contribution in [-0.4, -0.2) is 30.3 Å². The second kappa shape index (κ2) is 4.75. The molecule has 0 radical (unpaired) electrons. The van der Waals surface area contributed by atoms with Crippen LogP contribution in [0.5, 0.6) is 0 Å². The predicted octanol–water partition coefficient (Wildman–Crippen LogP) is 2.33. The minimum atomic E-state index is 0.120. The van der Waals surface area contributed by atoms with E-state index in [0.717, 1.165) is 0 Å². The average Bonchev–Trinajstić information content (AvgIpc) is 1.81. The molecule has 13 heavy (non-hydrogen) atoms. The Morgan fingerprint density at radius 3 is 2.08 bits per heavy atom. The molecular formula is C11H23NO. The number of rotatable bonds is 4. The Hall–Kier alpha value is -0.370. The molecule has 0 aliphatic rings. The van der Waals surface area contributed by atoms with E-state index in [1.54, 1.807) is 0 Å². The number of carbonyl (C=O) groups excluding carboxylic acids is 1. The molecule has 2 nitrogen and oxygen atoms in total. The largest absolute Gasteiger partial charge is 0.298 e. The van der Waals surface area contributed by atoms with E-state index in [4.69, 9.17) is 0 Å². The van der Waals surface area contributed by atoms with Crippen molar-refractivity contribution in [3.05, 3.63) is 0 Å². The summed E-state index contributed by atoms with van der Waals surface area (Å²) in [4.78, 5) is 13.6. The van der Waals surface area contributed by atoms with Crippen LogP contribution in [0, 0.1) is 5.41 Å². The minimum Gasteiger partial charge on any atom is -0.298 e. The fourth-order valence-electron chi connectivity index (χ4n) is 1.11. The lowest BCUT2D eigenvalue weighted by molar-refractivity contribution is -0.121. The highest BCUT2D eigenvalue weighted by Gasteiger charge is 2.17. The number of Topliss-reactive ketones (excluding diaryl/α,β-unsaturated/α-hetero) is 1. The molecule has 0 heterocycles. The summed E-state index contributed by atoms with van der Waals surface area (Å²) in [5, 5.41) is 0. The van der Waals surface area contributed by atoms with Crippen molar-refractivity contribution in [1.29, 1.82) is 0 Å². The van der Waals surface area contributed by atoms with Crippen LogP contribution >= 0.6 is 0 Å². The van der Waals surface area contributed by atoms with Gasteiger partial charge in [-0.2, -0.15) is 0 Å². The van der Waals surface area contributed by atoms with Crippen LogP contribution in [-0.2, 0) is 4.79 Å². The number of ketones is 1. The van der Waals surface area contributed by atoms with Crippen LogP contribution in [0.25, 0.3) is 0 Å². The van der Waals surface area contributed by atoms with Crippen LogP contribution in [0.4, 0.5) is 0 Å². The molecule has 0 N–H and O–H groups in total. The maximum absolute atomic E-state index is 11.5. The van der Waals surface area contributed by atoms with Crippen molar-refractivity contribution < 1.29 is 4.79 Å². The van der Waals surface area contributed by atoms with Gasteiger partial charge in [-0.1, -0.05) is 20.8 Å². The third kappa shape index (κ3) is 6.76. The Bertz CT molecular complexity index is 167. The molecule has 0 aromatic carbocycles. The first-order valence-electron chi connectivity index (χ1n) is 4.94. The van der Waals surface area contributed by atoms with Gasteiger partial charge < -0.3 is 0 Å². The van der Waals surface area contributed by atoms with E-state index in [1.165, 1.54) is 0 Å². The smallest absolute Gasteiger partial charge is 0.147 e. The summed E-state index contributed by atoms with van der Waals surface area (Å²) in [6, 6.07) is 0.448. The molecule has 0 aliphatic carbocycles. The van der Waals surface area contributed by atoms with Crippen LogP contribution in [0.2, 0.25) is 0 Å². The first-order valence-corrected chi connectivity index (χ1v) is 4.94. The summed E-state index contributed by atoms with van der Waals surface area (Å²) in [6.07, 6.45) is 0.671. The first kappa shape index (κ1) is 12.6. The lowest BCUT2D eigenvalue weighted by atomic mass is 9.90. The second-order valence-electron chi connectivity index (χ2n) is 5.28. The van der Waals surface area contributed by atoms with Crippen molar-refractivity contribution >= 4 is 5.78 Å². The average molecular weight is 185 g/mol. The van der Waals surface area contributed by atoms with E-state index in [1.807, 2.05) is 7.05 Å². The van der Waals surface area contributed by atoms with Crippen molar-refractivity contribution in [2.75, 3.05) is 13.6 Å². The van der Waals surface area contributed by atoms with Crippen LogP contribution < -0.4 is 0 Å². The molecule has 0 saturated heterocycles. The lowest BCUT2D eigenvalue weighted by Gasteiger charge is -2.23. The van der Waals surface area contributed by atoms with Crippen LogP contribution in [0.3, 0.4) is 0 Å². The maximum Gasteiger partial charge on any atom is 0.147 e. The van der Waals surface area contributed by atoms with E-state index >= 15 is 0 Å². The fourth-order valence-corrected chi connectivity index (χ4v) is 1.11. The summed E-state index contributed by atoms with van der Waals surface area (Å²) in [5.74, 6) is 0.337. The molecule has 0 fully saturated rings. The molecule has 0 aromatic rings. The van der Waals surface area contributed by atoms with Gasteiger partial charge in [-0.15, -0.1) is 0 Å². The van der Waals surface area contributed by atoms with Crippen molar-refractivity contribution in [2.24, 2.45) is 5.41 Å². The van der Waals surface area contributed by atoms with Crippen molar-refractivity contribution in [3.8, 4) is 0 Å². The Balaban J connectivity index is 3.89. The number of nitrogens with zero attached hydrogens (tertiary/aromatic N) is 1. The number of likely N-dealkylation sites (N-methyl/N-ethyl adjacent to an activating group) is 1. The maximum atomic E-state index is 11.5. The Morgan fingerprint density at radius 1 is 1.31 bits per heavy atom. The van der Waals surface area contributed by atoms with Gasteiger partial charge in [0.25, 0.3) is 0 Å². The number of carbonyl (C=O) groups is 1. The normalized spacial score (nSPS) is 12.6. The van der Waals surface area contributed by atoms with Crippen molar-refractivity contribution in [1.82, 2.24) is 4.90 Å². The molecule has 0 aliphatic heterocycles. The van der Waals surface area contributed by atoms with E-state index in [-0.39, 0.29) is 5.41 Å². The summed E-state index contributed by atoms with van der Waals surface area (Å²) in [6.45, 7) is 11.1. The molecule has 0 spiro atoms. The van der Waals surface area contributed by atoms with Gasteiger partial charge >= 0.3 is 0 Å². The molecule has 0 bridgehead atoms. The molecule has 0 rings (SSSR count). The quantitative estimate of drug-likeness (QED) is 0.670. The summed E-state index contributed by atoms with van der Waals surface area (Å²) >= 11 is 0. The predicted molar refractivity (Wildman–Crippen MR) is 56.8 cm³/mol. The standard InChI is InChI=1S/C11H23NO/c1-9(2)12(6)8-10(13)7-11(3,4)5/h9H,7-8H2,1-6H3. The van der Waals surface area contributed by atoms with Gasteiger partial charge in [0.1, 0.15) is 5.78 Å². The molecule has 2 heteroatoms. The first-order chi connectivity index (χ1) is 5.72. The molecule has 0 amide bonds. The second-order valence-corrected chi connectivity index (χ2v) is 5.28. The van der Waals surface area contributed by atoms with Gasteiger partial charge in [0, 0.05) is 12.5 Å². The fraction of sp³-hybridized carbons (Fsp3) is 0.909. The molecule has 78 valence electrons. The van der Waals surface area contributed by atoms with Crippen LogP contribution in [0.15, 0.2) is 0 Å². The highest BCUT2D eigenvalue weighted by atomic mass is 16.1. The lowest BCUT2D eigenvalue weighted by Crippen LogP contribution is -2.33. The van der Waals surface area contributed by atoms with Gasteiger partial charge in [0.15, 0.2) is 0 Å². The zero-order chi connectivity index (χ0) is 10.6. The van der Waals surface area contributed by atoms with Crippen molar-refractivity contribution in [3.63, 3.8) is 0 Å². The topological polar surface area (TPSA) is 20.3 Å². The van der Waals surface area contributed by atoms with Crippen molar-refractivity contribution in [2.45, 2.75) is 47.1 Å². The number of hydrogen-bond donors (Lipinski definition) is 0. The van der Waals surface area contributed by atoms with Gasteiger partial charge in [-0.25, -0.2) is 0 Å². The SMILES string of the molecule is CC(C)N(C)CC(=O)CC(C)(C)C. The van der Waals surface area contributed by atoms with Crippen LogP contribution in [0.1, 0.15) is 41.0 Å². The molecular weight excluding hydrogens is 162 g/mol. The van der Waals surface area contributed by atoms with E-state index in [2.05, 4.69) is 39.5 Å². The highest BCUT2D eigenvalue weighted by molar-refractivity contribution is 5.81. The third-order valence-electron chi connectivity index (χ3n) is 2.03. The van der Waals surface area contributed by atoms with E-state index < -0.39 is 0 Å². The molecule has 0 unspecified atom stereocenters. The number of hydrogen-bond acceptors (Lipinski definition) is 2. The van der Waals surface area contributed by atoms with Gasteiger partial charge in [-0.3, -0.25) is 9.69 Å². The highest BCUT2D eigenvalue weighted by Crippen LogP contribution is 2.18. The summed E-state index contributed by atoms with van der Waals surface area (Å²) < 4.78 is 0. The van der Waals surface area contributed by atoms with E-state index in [0.29, 0.717) is 24.8 Å². The van der Waals surface area contributed by atoms with E-state index in [9.17, 15) is 4.79 Å². The Kier molecular flexibility index (Phi) is 4.62. The molecule has 0 aromatic heterocycles. The monoisotopic (exact) mass is 185 g/mol. The Morgan fingerprint density at radius 2 is 1.77 bits per heavy atom. The zero-order valence-electron chi connectivity index (χ0n) is 9.85. The Labute approximate surface area is 82.3 Å². The van der Waals surface area contributed by atoms with Gasteiger partial charge in [-0.05, 0) is 26.3 Å². The summed E-state index contributed by atoms with van der Waals surface area (Å²) in [7, 11) is 1.99. The minimum absolute atomic E-state index is 0.120. The van der Waals surface area contributed by atoms with Gasteiger partial charge in [0.05, 0.1) is 6.54 Å².